The van der Waals surface area contributed by atoms with Crippen molar-refractivity contribution in [2.75, 3.05) is 34.8 Å². The van der Waals surface area contributed by atoms with Gasteiger partial charge < -0.3 is 19.0 Å². The number of ether oxygens (including phenoxy) is 1. The predicted molar refractivity (Wildman–Crippen MR) is 77.7 cm³/mol. The van der Waals surface area contributed by atoms with Gasteiger partial charge in [-0.15, -0.1) is 0 Å². The van der Waals surface area contributed by atoms with Crippen LogP contribution in [0.4, 0.5) is 0 Å². The summed E-state index contributed by atoms with van der Waals surface area (Å²) in [6.45, 7) is 4.16. The molecule has 0 aromatic carbocycles. The average molecular weight is 279 g/mol. The van der Waals surface area contributed by atoms with Crippen LogP contribution < -0.4 is 0 Å². The van der Waals surface area contributed by atoms with Crippen LogP contribution in [0.3, 0.4) is 0 Å². The maximum absolute atomic E-state index is 9.62. The van der Waals surface area contributed by atoms with Gasteiger partial charge in [-0.2, -0.15) is 0 Å². The van der Waals surface area contributed by atoms with Crippen LogP contribution in [0.25, 0.3) is 0 Å². The Hall–Kier alpha value is -0.956. The largest absolute Gasteiger partial charge is 0.529 e. The van der Waals surface area contributed by atoms with E-state index in [0.717, 1.165) is 22.2 Å². The van der Waals surface area contributed by atoms with E-state index in [-0.39, 0.29) is 5.97 Å². The second-order valence-electron chi connectivity index (χ2n) is 3.80. The maximum Gasteiger partial charge on any atom is 0.288 e. The van der Waals surface area contributed by atoms with E-state index >= 15 is 0 Å². The van der Waals surface area contributed by atoms with Crippen LogP contribution in [0.1, 0.15) is 13.8 Å². The van der Waals surface area contributed by atoms with Crippen molar-refractivity contribution in [3.05, 3.63) is 11.2 Å². The van der Waals surface area contributed by atoms with E-state index in [2.05, 4.69) is 14.2 Å². The summed E-state index contributed by atoms with van der Waals surface area (Å²) in [5.74, 6) is 0.986. The van der Waals surface area contributed by atoms with Crippen molar-refractivity contribution in [2.24, 2.45) is 0 Å². The Labute approximate surface area is 111 Å². The van der Waals surface area contributed by atoms with Gasteiger partial charge in [0.25, 0.3) is 5.97 Å². The van der Waals surface area contributed by atoms with Gasteiger partial charge in [-0.1, -0.05) is 0 Å². The minimum atomic E-state index is -0.184. The second kappa shape index (κ2) is 10.2. The van der Waals surface area contributed by atoms with Crippen molar-refractivity contribution in [3.63, 3.8) is 0 Å². The molecule has 102 valence electrons. The molecule has 0 aliphatic heterocycles. The van der Waals surface area contributed by atoms with Gasteiger partial charge in [-0.05, 0) is 6.92 Å². The maximum atomic E-state index is 9.62. The Morgan fingerprint density at radius 2 is 1.53 bits per heavy atom. The molecule has 0 heterocycles. The molecule has 0 aliphatic rings. The van der Waals surface area contributed by atoms with Crippen LogP contribution in [0.15, 0.2) is 11.2 Å². The number of carbonyl (C=O) groups is 1. The monoisotopic (exact) mass is 278 g/mol. The first-order chi connectivity index (χ1) is 7.77. The highest BCUT2D eigenvalue weighted by Crippen LogP contribution is 2.07. The summed E-state index contributed by atoms with van der Waals surface area (Å²) in [5.41, 5.74) is 0. The van der Waals surface area contributed by atoms with Gasteiger partial charge in [0.1, 0.15) is 11.2 Å². The van der Waals surface area contributed by atoms with Crippen LogP contribution in [0.2, 0.25) is 0 Å². The molecule has 0 rings (SSSR count). The Morgan fingerprint density at radius 3 is 1.71 bits per heavy atom. The summed E-state index contributed by atoms with van der Waals surface area (Å²) in [6.07, 6.45) is 0. The molecule has 0 aromatic rings. The molecule has 7 heteroatoms. The fourth-order valence-corrected chi connectivity index (χ4v) is 2.49. The van der Waals surface area contributed by atoms with Crippen molar-refractivity contribution in [3.8, 4) is 0 Å². The Bertz CT molecular complexity index is 246. The number of carbonyl (C=O) groups excluding carboxylic acids is 1. The number of hydrogen-bond donors (Lipinski definition) is 0. The molecular weight excluding hydrogens is 252 g/mol. The highest BCUT2D eigenvalue weighted by atomic mass is 28.2. The standard InChI is InChI=1S/C8H20N2OSi.C2H6O2Si/c1-6-11-8(12)7(9(2)3)10(4)5;1-2(3)4-5/h6H2,1-5,12H3;1,5H3. The van der Waals surface area contributed by atoms with E-state index in [1.54, 1.807) is 0 Å². The lowest BCUT2D eigenvalue weighted by Crippen LogP contribution is -2.27. The lowest BCUT2D eigenvalue weighted by atomic mass is 10.6. The van der Waals surface area contributed by atoms with Gasteiger partial charge in [0.05, 0.1) is 16.8 Å². The van der Waals surface area contributed by atoms with Gasteiger partial charge in [-0.25, -0.2) is 0 Å². The molecule has 0 radical (unpaired) electrons. The van der Waals surface area contributed by atoms with Crippen LogP contribution in [-0.4, -0.2) is 71.3 Å². The first kappa shape index (κ1) is 18.4. The molecule has 0 bridgehead atoms. The molecule has 0 fully saturated rings. The van der Waals surface area contributed by atoms with Gasteiger partial charge in [0, 0.05) is 35.1 Å². The van der Waals surface area contributed by atoms with Gasteiger partial charge in [-0.3, -0.25) is 4.79 Å². The predicted octanol–water partition coefficient (Wildman–Crippen LogP) is -1.53. The van der Waals surface area contributed by atoms with Crippen molar-refractivity contribution in [1.82, 2.24) is 9.80 Å². The topological polar surface area (TPSA) is 42.0 Å². The molecule has 0 aliphatic carbocycles. The summed E-state index contributed by atoms with van der Waals surface area (Å²) < 4.78 is 9.73. The minimum Gasteiger partial charge on any atom is -0.529 e. The van der Waals surface area contributed by atoms with E-state index in [1.165, 1.54) is 12.7 Å². The molecule has 0 amide bonds. The summed E-state index contributed by atoms with van der Waals surface area (Å²) in [5, 5.41) is 1.10. The normalized spacial score (nSPS) is 8.82. The van der Waals surface area contributed by atoms with E-state index in [1.807, 2.05) is 35.1 Å². The molecule has 5 nitrogen and oxygen atoms in total. The smallest absolute Gasteiger partial charge is 0.288 e. The van der Waals surface area contributed by atoms with Gasteiger partial charge in [0.15, 0.2) is 0 Å². The highest BCUT2D eigenvalue weighted by Gasteiger charge is 2.07. The number of nitrogens with zero attached hydrogens (tertiary/aromatic N) is 2. The lowest BCUT2D eigenvalue weighted by molar-refractivity contribution is -0.131. The number of rotatable bonds is 4. The van der Waals surface area contributed by atoms with Crippen LogP contribution >= 0.6 is 0 Å². The summed E-state index contributed by atoms with van der Waals surface area (Å²) >= 11 is 0. The fraction of sp³-hybridized carbons (Fsp3) is 0.700. The van der Waals surface area contributed by atoms with Crippen LogP contribution in [0.5, 0.6) is 0 Å². The van der Waals surface area contributed by atoms with E-state index in [9.17, 15) is 4.79 Å². The molecule has 0 saturated heterocycles. The Morgan fingerprint density at radius 1 is 1.18 bits per heavy atom. The lowest BCUT2D eigenvalue weighted by Gasteiger charge is -2.26. The Balaban J connectivity index is 0. The second-order valence-corrected chi connectivity index (χ2v) is 5.11. The zero-order chi connectivity index (χ0) is 14.0. The van der Waals surface area contributed by atoms with Gasteiger partial charge in [0.2, 0.25) is 10.5 Å². The molecule has 0 aromatic heterocycles. The fourth-order valence-electron chi connectivity index (χ4n) is 1.31. The third kappa shape index (κ3) is 9.94. The zero-order valence-corrected chi connectivity index (χ0v) is 16.3. The molecule has 0 N–H and O–H groups in total. The third-order valence-electron chi connectivity index (χ3n) is 1.81. The minimum absolute atomic E-state index is 0.184. The molecule has 0 spiro atoms. The average Bonchev–Trinajstić information content (AvgIpc) is 2.17. The van der Waals surface area contributed by atoms with Crippen molar-refractivity contribution in [2.45, 2.75) is 13.8 Å². The van der Waals surface area contributed by atoms with E-state index < -0.39 is 0 Å². The quantitative estimate of drug-likeness (QED) is 0.461. The zero-order valence-electron chi connectivity index (χ0n) is 12.3. The first-order valence-electron chi connectivity index (χ1n) is 5.50. The van der Waals surface area contributed by atoms with Crippen molar-refractivity contribution >= 4 is 26.7 Å². The SMILES string of the molecule is CC(=O)O[SiH3].CCOC([SiH3])=C(N(C)C)N(C)C. The summed E-state index contributed by atoms with van der Waals surface area (Å²) in [6, 6.07) is 0. The summed E-state index contributed by atoms with van der Waals surface area (Å²) in [7, 11) is 9.61. The highest BCUT2D eigenvalue weighted by molar-refractivity contribution is 6.20. The molecule has 0 saturated carbocycles. The third-order valence-corrected chi connectivity index (χ3v) is 3.12. The molecule has 0 unspecified atom stereocenters. The first-order valence-corrected chi connectivity index (χ1v) is 7.32. The molecular formula is C10H26N2O3Si2. The van der Waals surface area contributed by atoms with Crippen molar-refractivity contribution in [1.29, 1.82) is 0 Å². The molecule has 0 atom stereocenters. The van der Waals surface area contributed by atoms with Crippen LogP contribution in [-0.2, 0) is 14.0 Å². The van der Waals surface area contributed by atoms with Crippen LogP contribution in [0, 0.1) is 0 Å². The summed E-state index contributed by atoms with van der Waals surface area (Å²) in [4.78, 5) is 13.8. The van der Waals surface area contributed by atoms with Gasteiger partial charge >= 0.3 is 0 Å². The van der Waals surface area contributed by atoms with E-state index in [0.29, 0.717) is 10.5 Å². The molecule has 17 heavy (non-hydrogen) atoms. The van der Waals surface area contributed by atoms with Crippen molar-refractivity contribution < 1.29 is 14.0 Å². The Kier molecular flexibility index (Phi) is 11.1. The number of hydrogen-bond acceptors (Lipinski definition) is 5. The van der Waals surface area contributed by atoms with E-state index in [4.69, 9.17) is 4.74 Å².